The normalized spacial score (nSPS) is 17.0. The van der Waals surface area contributed by atoms with E-state index in [9.17, 15) is 8.42 Å². The average Bonchev–Trinajstić information content (AvgIpc) is 2.40. The highest BCUT2D eigenvalue weighted by Gasteiger charge is 2.25. The van der Waals surface area contributed by atoms with Crippen molar-refractivity contribution in [2.45, 2.75) is 24.8 Å². The molecule has 2 N–H and O–H groups in total. The van der Waals surface area contributed by atoms with Gasteiger partial charge >= 0.3 is 0 Å². The van der Waals surface area contributed by atoms with E-state index >= 15 is 0 Å². The van der Waals surface area contributed by atoms with Crippen molar-refractivity contribution in [3.63, 3.8) is 0 Å². The van der Waals surface area contributed by atoms with Crippen LogP contribution in [0.1, 0.15) is 17.5 Å². The van der Waals surface area contributed by atoms with Crippen molar-refractivity contribution in [3.05, 3.63) is 41.5 Å². The molecule has 1 aliphatic heterocycles. The molecule has 0 saturated carbocycles. The zero-order valence-corrected chi connectivity index (χ0v) is 11.3. The second kappa shape index (κ2) is 5.22. The molecule has 0 fully saturated rings. The van der Waals surface area contributed by atoms with Gasteiger partial charge in [0.1, 0.15) is 0 Å². The van der Waals surface area contributed by atoms with Crippen LogP contribution in [0.15, 0.2) is 35.2 Å². The van der Waals surface area contributed by atoms with Crippen molar-refractivity contribution in [2.75, 3.05) is 13.1 Å². The molecule has 98 valence electrons. The minimum atomic E-state index is -3.40. The second-order valence-electron chi connectivity index (χ2n) is 4.43. The molecule has 2 rings (SSSR count). The molecule has 0 bridgehead atoms. The van der Waals surface area contributed by atoms with E-state index in [1.54, 1.807) is 6.07 Å². The first-order chi connectivity index (χ1) is 8.55. The summed E-state index contributed by atoms with van der Waals surface area (Å²) in [5, 5.41) is 0. The van der Waals surface area contributed by atoms with Crippen LogP contribution in [0.2, 0.25) is 0 Å². The molecule has 4 nitrogen and oxygen atoms in total. The Hall–Kier alpha value is -1.17. The third-order valence-corrected chi connectivity index (χ3v) is 5.13. The lowest BCUT2D eigenvalue weighted by molar-refractivity contribution is 0.437. The molecule has 0 spiro atoms. The number of hydrogen-bond acceptors (Lipinski definition) is 3. The number of rotatable bonds is 3. The Morgan fingerprint density at radius 1 is 1.33 bits per heavy atom. The molecule has 0 atom stereocenters. The SMILES string of the molecule is Cc1ccc(CN)cc1S(=O)(=O)N1CC=CCC1. The molecule has 18 heavy (non-hydrogen) atoms. The summed E-state index contributed by atoms with van der Waals surface area (Å²) in [5.74, 6) is 0. The number of hydrogen-bond donors (Lipinski definition) is 1. The summed E-state index contributed by atoms with van der Waals surface area (Å²) >= 11 is 0. The Balaban J connectivity index is 2.43. The minimum absolute atomic E-state index is 0.350. The molecule has 0 unspecified atom stereocenters. The van der Waals surface area contributed by atoms with Crippen molar-refractivity contribution >= 4 is 10.0 Å². The number of sulfonamides is 1. The van der Waals surface area contributed by atoms with Crippen molar-refractivity contribution in [3.8, 4) is 0 Å². The first-order valence-corrected chi connectivity index (χ1v) is 7.44. The third-order valence-electron chi connectivity index (χ3n) is 3.13. The monoisotopic (exact) mass is 266 g/mol. The molecule has 0 amide bonds. The van der Waals surface area contributed by atoms with Crippen LogP contribution in [-0.4, -0.2) is 25.8 Å². The van der Waals surface area contributed by atoms with Gasteiger partial charge in [0, 0.05) is 19.6 Å². The maximum absolute atomic E-state index is 12.5. The molecule has 1 aromatic rings. The van der Waals surface area contributed by atoms with Gasteiger partial charge in [-0.1, -0.05) is 24.3 Å². The van der Waals surface area contributed by atoms with Gasteiger partial charge in [-0.05, 0) is 30.5 Å². The van der Waals surface area contributed by atoms with Crippen LogP contribution in [0.4, 0.5) is 0 Å². The van der Waals surface area contributed by atoms with Crippen molar-refractivity contribution in [1.29, 1.82) is 0 Å². The fourth-order valence-electron chi connectivity index (χ4n) is 2.03. The molecule has 1 heterocycles. The minimum Gasteiger partial charge on any atom is -0.326 e. The standard InChI is InChI=1S/C13H18N2O2S/c1-11-5-6-12(10-14)9-13(11)18(16,17)15-7-3-2-4-8-15/h2-3,5-6,9H,4,7-8,10,14H2,1H3. The maximum Gasteiger partial charge on any atom is 0.243 e. The van der Waals surface area contributed by atoms with Crippen LogP contribution < -0.4 is 5.73 Å². The highest BCUT2D eigenvalue weighted by atomic mass is 32.2. The van der Waals surface area contributed by atoms with Gasteiger partial charge in [0.15, 0.2) is 0 Å². The van der Waals surface area contributed by atoms with Gasteiger partial charge in [0.25, 0.3) is 0 Å². The summed E-state index contributed by atoms with van der Waals surface area (Å²) in [6, 6.07) is 5.36. The van der Waals surface area contributed by atoms with Gasteiger partial charge in [-0.2, -0.15) is 4.31 Å². The molecule has 1 aromatic carbocycles. The Kier molecular flexibility index (Phi) is 3.85. The topological polar surface area (TPSA) is 63.4 Å². The number of benzene rings is 1. The lowest BCUT2D eigenvalue weighted by Gasteiger charge is -2.23. The van der Waals surface area contributed by atoms with Gasteiger partial charge in [-0.15, -0.1) is 0 Å². The van der Waals surface area contributed by atoms with Crippen LogP contribution in [-0.2, 0) is 16.6 Å². The molecular formula is C13H18N2O2S. The lowest BCUT2D eigenvalue weighted by atomic mass is 10.1. The molecular weight excluding hydrogens is 248 g/mol. The van der Waals surface area contributed by atoms with Crippen LogP contribution in [0.25, 0.3) is 0 Å². The Morgan fingerprint density at radius 2 is 2.11 bits per heavy atom. The van der Waals surface area contributed by atoms with E-state index in [1.807, 2.05) is 31.2 Å². The zero-order chi connectivity index (χ0) is 13.2. The van der Waals surface area contributed by atoms with Crippen LogP contribution in [0.5, 0.6) is 0 Å². The summed E-state index contributed by atoms with van der Waals surface area (Å²) in [4.78, 5) is 0.376. The predicted octanol–water partition coefficient (Wildman–Crippen LogP) is 1.40. The summed E-state index contributed by atoms with van der Waals surface area (Å²) in [6.45, 7) is 3.16. The quantitative estimate of drug-likeness (QED) is 0.841. The van der Waals surface area contributed by atoms with Gasteiger partial charge in [-0.3, -0.25) is 0 Å². The number of aryl methyl sites for hydroxylation is 1. The van der Waals surface area contributed by atoms with Crippen molar-refractivity contribution in [2.24, 2.45) is 5.73 Å². The Labute approximate surface area is 108 Å². The Bertz CT molecular complexity index is 564. The van der Waals surface area contributed by atoms with Gasteiger partial charge < -0.3 is 5.73 Å². The molecule has 0 saturated heterocycles. The highest BCUT2D eigenvalue weighted by molar-refractivity contribution is 7.89. The van der Waals surface area contributed by atoms with Crippen LogP contribution in [0.3, 0.4) is 0 Å². The summed E-state index contributed by atoms with van der Waals surface area (Å²) in [5.41, 5.74) is 7.18. The number of nitrogens with zero attached hydrogens (tertiary/aromatic N) is 1. The molecule has 0 aromatic heterocycles. The van der Waals surface area contributed by atoms with Crippen molar-refractivity contribution in [1.82, 2.24) is 4.31 Å². The van der Waals surface area contributed by atoms with E-state index < -0.39 is 10.0 Å². The zero-order valence-electron chi connectivity index (χ0n) is 10.5. The van der Waals surface area contributed by atoms with Gasteiger partial charge in [-0.25, -0.2) is 8.42 Å². The summed E-state index contributed by atoms with van der Waals surface area (Å²) in [6.07, 6.45) is 4.67. The second-order valence-corrected chi connectivity index (χ2v) is 6.33. The first-order valence-electron chi connectivity index (χ1n) is 6.00. The molecule has 5 heteroatoms. The van der Waals surface area contributed by atoms with Crippen molar-refractivity contribution < 1.29 is 8.42 Å². The van der Waals surface area contributed by atoms with Gasteiger partial charge in [0.05, 0.1) is 4.90 Å². The molecule has 0 radical (unpaired) electrons. The third kappa shape index (κ3) is 2.48. The van der Waals surface area contributed by atoms with E-state index in [0.29, 0.717) is 24.5 Å². The van der Waals surface area contributed by atoms with Crippen LogP contribution in [0, 0.1) is 6.92 Å². The Morgan fingerprint density at radius 3 is 2.72 bits per heavy atom. The number of nitrogens with two attached hydrogens (primary N) is 1. The average molecular weight is 266 g/mol. The first kappa shape index (κ1) is 13.3. The molecule has 0 aliphatic carbocycles. The summed E-state index contributed by atoms with van der Waals surface area (Å²) in [7, 11) is -3.40. The largest absolute Gasteiger partial charge is 0.326 e. The van der Waals surface area contributed by atoms with E-state index in [2.05, 4.69) is 0 Å². The van der Waals surface area contributed by atoms with E-state index in [0.717, 1.165) is 17.5 Å². The van der Waals surface area contributed by atoms with E-state index in [1.165, 1.54) is 4.31 Å². The fraction of sp³-hybridized carbons (Fsp3) is 0.385. The molecule has 1 aliphatic rings. The predicted molar refractivity (Wildman–Crippen MR) is 71.6 cm³/mol. The lowest BCUT2D eigenvalue weighted by Crippen LogP contribution is -2.34. The maximum atomic E-state index is 12.5. The fourth-order valence-corrected chi connectivity index (χ4v) is 3.71. The summed E-state index contributed by atoms with van der Waals surface area (Å²) < 4.78 is 26.6. The van der Waals surface area contributed by atoms with E-state index in [4.69, 9.17) is 5.73 Å². The van der Waals surface area contributed by atoms with Gasteiger partial charge in [0.2, 0.25) is 10.0 Å². The highest BCUT2D eigenvalue weighted by Crippen LogP contribution is 2.22. The van der Waals surface area contributed by atoms with E-state index in [-0.39, 0.29) is 0 Å². The van der Waals surface area contributed by atoms with Crippen LogP contribution >= 0.6 is 0 Å². The smallest absolute Gasteiger partial charge is 0.243 e.